The molecular formula is C13H13N3O4. The van der Waals surface area contributed by atoms with E-state index in [1.807, 2.05) is 0 Å². The highest BCUT2D eigenvalue weighted by molar-refractivity contribution is 6.04. The zero-order valence-electron chi connectivity index (χ0n) is 11.0. The standard InChI is InChI=1S/C13H13N3O4/c1-6-12(20-7(2)15-6)13(17)16-9-4-11-10(3-8(9)14)18-5-19-11/h3-4H,5,14H2,1-2H3,(H,16,17). The normalized spacial score (nSPS) is 12.5. The van der Waals surface area contributed by atoms with Crippen molar-refractivity contribution in [3.63, 3.8) is 0 Å². The molecule has 104 valence electrons. The fraction of sp³-hybridized carbons (Fsp3) is 0.231. The van der Waals surface area contributed by atoms with E-state index in [9.17, 15) is 4.79 Å². The molecule has 7 heteroatoms. The van der Waals surface area contributed by atoms with E-state index in [2.05, 4.69) is 10.3 Å². The molecule has 0 saturated carbocycles. The predicted molar refractivity (Wildman–Crippen MR) is 70.9 cm³/mol. The molecular weight excluding hydrogens is 262 g/mol. The minimum Gasteiger partial charge on any atom is -0.454 e. The van der Waals surface area contributed by atoms with E-state index in [1.165, 1.54) is 0 Å². The van der Waals surface area contributed by atoms with Crippen LogP contribution in [0.25, 0.3) is 0 Å². The van der Waals surface area contributed by atoms with Crippen LogP contribution in [0.1, 0.15) is 22.1 Å². The van der Waals surface area contributed by atoms with Gasteiger partial charge in [-0.2, -0.15) is 0 Å². The molecule has 20 heavy (non-hydrogen) atoms. The largest absolute Gasteiger partial charge is 0.454 e. The van der Waals surface area contributed by atoms with E-state index in [0.29, 0.717) is 34.5 Å². The lowest BCUT2D eigenvalue weighted by atomic mass is 10.2. The van der Waals surface area contributed by atoms with Crippen LogP contribution in [0.15, 0.2) is 16.5 Å². The molecule has 1 amide bonds. The number of anilines is 2. The van der Waals surface area contributed by atoms with Crippen molar-refractivity contribution in [3.05, 3.63) is 29.5 Å². The number of ether oxygens (including phenoxy) is 2. The number of amides is 1. The highest BCUT2D eigenvalue weighted by Crippen LogP contribution is 2.38. The van der Waals surface area contributed by atoms with Gasteiger partial charge < -0.3 is 24.9 Å². The van der Waals surface area contributed by atoms with Gasteiger partial charge in [0.2, 0.25) is 12.6 Å². The van der Waals surface area contributed by atoms with Gasteiger partial charge >= 0.3 is 0 Å². The first kappa shape index (κ1) is 12.3. The summed E-state index contributed by atoms with van der Waals surface area (Å²) in [4.78, 5) is 16.2. The molecule has 0 bridgehead atoms. The maximum Gasteiger partial charge on any atom is 0.293 e. The quantitative estimate of drug-likeness (QED) is 0.811. The van der Waals surface area contributed by atoms with Gasteiger partial charge in [-0.05, 0) is 6.92 Å². The Morgan fingerprint density at radius 3 is 2.65 bits per heavy atom. The Morgan fingerprint density at radius 2 is 2.00 bits per heavy atom. The van der Waals surface area contributed by atoms with Gasteiger partial charge in [-0.25, -0.2) is 4.98 Å². The second-order valence-electron chi connectivity index (χ2n) is 4.39. The van der Waals surface area contributed by atoms with Gasteiger partial charge in [0.25, 0.3) is 5.91 Å². The number of benzene rings is 1. The molecule has 1 aliphatic heterocycles. The summed E-state index contributed by atoms with van der Waals surface area (Å²) in [6.45, 7) is 3.53. The number of hydrogen-bond donors (Lipinski definition) is 2. The topological polar surface area (TPSA) is 99.6 Å². The summed E-state index contributed by atoms with van der Waals surface area (Å²) in [6.07, 6.45) is 0. The van der Waals surface area contributed by atoms with E-state index >= 15 is 0 Å². The van der Waals surface area contributed by atoms with Crippen LogP contribution in [0.3, 0.4) is 0 Å². The van der Waals surface area contributed by atoms with E-state index in [-0.39, 0.29) is 12.6 Å². The molecule has 7 nitrogen and oxygen atoms in total. The van der Waals surface area contributed by atoms with Gasteiger partial charge in [0.15, 0.2) is 17.4 Å². The first-order valence-corrected chi connectivity index (χ1v) is 5.99. The van der Waals surface area contributed by atoms with E-state index < -0.39 is 5.91 Å². The molecule has 2 heterocycles. The SMILES string of the molecule is Cc1nc(C)c(C(=O)Nc2cc3c(cc2N)OCO3)o1. The highest BCUT2D eigenvalue weighted by Gasteiger charge is 2.20. The number of aromatic nitrogens is 1. The second kappa shape index (κ2) is 4.44. The molecule has 0 aliphatic carbocycles. The number of aryl methyl sites for hydroxylation is 2. The molecule has 1 aliphatic rings. The van der Waals surface area contributed by atoms with Crippen LogP contribution in [-0.4, -0.2) is 17.7 Å². The van der Waals surface area contributed by atoms with Crippen molar-refractivity contribution in [2.75, 3.05) is 17.8 Å². The summed E-state index contributed by atoms with van der Waals surface area (Å²) in [7, 11) is 0. The van der Waals surface area contributed by atoms with Crippen LogP contribution in [0.2, 0.25) is 0 Å². The third kappa shape index (κ3) is 2.03. The number of nitrogens with two attached hydrogens (primary N) is 1. The fourth-order valence-electron chi connectivity index (χ4n) is 1.99. The number of nitrogens with one attached hydrogen (secondary N) is 1. The Labute approximate surface area is 114 Å². The highest BCUT2D eigenvalue weighted by atomic mass is 16.7. The molecule has 0 unspecified atom stereocenters. The minimum atomic E-state index is -0.409. The van der Waals surface area contributed by atoms with Gasteiger partial charge in [0.05, 0.1) is 17.1 Å². The number of hydrogen-bond acceptors (Lipinski definition) is 6. The number of nitrogen functional groups attached to an aromatic ring is 1. The zero-order chi connectivity index (χ0) is 14.3. The molecule has 2 aromatic rings. The van der Waals surface area contributed by atoms with Crippen molar-refractivity contribution < 1.29 is 18.7 Å². The number of nitrogens with zero attached hydrogens (tertiary/aromatic N) is 1. The van der Waals surface area contributed by atoms with Crippen molar-refractivity contribution >= 4 is 17.3 Å². The van der Waals surface area contributed by atoms with E-state index in [1.54, 1.807) is 26.0 Å². The lowest BCUT2D eigenvalue weighted by Crippen LogP contribution is -2.13. The number of carbonyl (C=O) groups is 1. The van der Waals surface area contributed by atoms with Gasteiger partial charge in [0.1, 0.15) is 0 Å². The molecule has 3 rings (SSSR count). The van der Waals surface area contributed by atoms with Crippen LogP contribution in [0.5, 0.6) is 11.5 Å². The van der Waals surface area contributed by atoms with Crippen LogP contribution >= 0.6 is 0 Å². The molecule has 0 saturated heterocycles. The Hall–Kier alpha value is -2.70. The Kier molecular flexibility index (Phi) is 2.74. The van der Waals surface area contributed by atoms with Crippen molar-refractivity contribution in [2.45, 2.75) is 13.8 Å². The average molecular weight is 275 g/mol. The second-order valence-corrected chi connectivity index (χ2v) is 4.39. The Morgan fingerprint density at radius 1 is 1.30 bits per heavy atom. The molecule has 3 N–H and O–H groups in total. The van der Waals surface area contributed by atoms with Crippen molar-refractivity contribution in [3.8, 4) is 11.5 Å². The Bertz CT molecular complexity index is 693. The Balaban J connectivity index is 1.88. The zero-order valence-corrected chi connectivity index (χ0v) is 11.0. The smallest absolute Gasteiger partial charge is 0.293 e. The number of oxazole rings is 1. The summed E-state index contributed by atoms with van der Waals surface area (Å²) in [5, 5.41) is 2.68. The summed E-state index contributed by atoms with van der Waals surface area (Å²) in [6, 6.07) is 3.23. The van der Waals surface area contributed by atoms with Gasteiger partial charge in [-0.3, -0.25) is 4.79 Å². The lowest BCUT2D eigenvalue weighted by Gasteiger charge is -2.08. The number of rotatable bonds is 2. The monoisotopic (exact) mass is 275 g/mol. The fourth-order valence-corrected chi connectivity index (χ4v) is 1.99. The summed E-state index contributed by atoms with van der Waals surface area (Å²) >= 11 is 0. The lowest BCUT2D eigenvalue weighted by molar-refractivity contribution is 0.0994. The average Bonchev–Trinajstić information content (AvgIpc) is 2.95. The van der Waals surface area contributed by atoms with Crippen LogP contribution in [0, 0.1) is 13.8 Å². The van der Waals surface area contributed by atoms with Crippen LogP contribution in [0.4, 0.5) is 11.4 Å². The van der Waals surface area contributed by atoms with E-state index in [4.69, 9.17) is 19.6 Å². The van der Waals surface area contributed by atoms with Crippen LogP contribution < -0.4 is 20.5 Å². The van der Waals surface area contributed by atoms with Gasteiger partial charge in [-0.15, -0.1) is 0 Å². The van der Waals surface area contributed by atoms with Crippen molar-refractivity contribution in [2.24, 2.45) is 0 Å². The maximum absolute atomic E-state index is 12.1. The van der Waals surface area contributed by atoms with Gasteiger partial charge in [0, 0.05) is 19.1 Å². The first-order chi connectivity index (χ1) is 9.54. The van der Waals surface area contributed by atoms with Crippen molar-refractivity contribution in [1.29, 1.82) is 0 Å². The molecule has 0 spiro atoms. The molecule has 1 aromatic heterocycles. The number of fused-ring (bicyclic) bond motifs is 1. The summed E-state index contributed by atoms with van der Waals surface area (Å²) < 4.78 is 15.7. The summed E-state index contributed by atoms with van der Waals surface area (Å²) in [5.41, 5.74) is 7.22. The predicted octanol–water partition coefficient (Wildman–Crippen LogP) is 1.85. The minimum absolute atomic E-state index is 0.145. The molecule has 0 radical (unpaired) electrons. The number of carbonyl (C=O) groups excluding carboxylic acids is 1. The molecule has 1 aromatic carbocycles. The molecule has 0 fully saturated rings. The van der Waals surface area contributed by atoms with Crippen LogP contribution in [-0.2, 0) is 0 Å². The van der Waals surface area contributed by atoms with E-state index in [0.717, 1.165) is 0 Å². The molecule has 0 atom stereocenters. The van der Waals surface area contributed by atoms with Gasteiger partial charge in [-0.1, -0.05) is 0 Å². The first-order valence-electron chi connectivity index (χ1n) is 5.99. The summed E-state index contributed by atoms with van der Waals surface area (Å²) in [5.74, 6) is 1.30. The third-order valence-electron chi connectivity index (χ3n) is 2.90. The third-order valence-corrected chi connectivity index (χ3v) is 2.90. The van der Waals surface area contributed by atoms with Crippen molar-refractivity contribution in [1.82, 2.24) is 4.98 Å². The maximum atomic E-state index is 12.1.